The van der Waals surface area contributed by atoms with Crippen LogP contribution >= 0.6 is 0 Å². The molecule has 0 saturated carbocycles. The summed E-state index contributed by atoms with van der Waals surface area (Å²) in [5.74, 6) is 0. The number of aromatic nitrogens is 1. The van der Waals surface area contributed by atoms with E-state index in [1.807, 2.05) is 27.7 Å². The summed E-state index contributed by atoms with van der Waals surface area (Å²) in [6, 6.07) is 1.80. The van der Waals surface area contributed by atoms with Gasteiger partial charge in [-0.25, -0.2) is 4.79 Å². The molecule has 1 N–H and O–H groups in total. The lowest BCUT2D eigenvalue weighted by molar-refractivity contribution is 0.195. The van der Waals surface area contributed by atoms with Gasteiger partial charge in [0.05, 0.1) is 11.9 Å². The lowest BCUT2D eigenvalue weighted by Gasteiger charge is -2.33. The Labute approximate surface area is 89.6 Å². The summed E-state index contributed by atoms with van der Waals surface area (Å²) < 4.78 is 0. The number of hydrogen-bond donors (Lipinski definition) is 1. The first-order chi connectivity index (χ1) is 6.84. The van der Waals surface area contributed by atoms with Gasteiger partial charge in [-0.3, -0.25) is 9.88 Å². The smallest absolute Gasteiger partial charge is 0.412 e. The molecule has 1 aromatic rings. The molecule has 0 atom stereocenters. The molecule has 82 valence electrons. The number of anilines is 1. The molecule has 4 nitrogen and oxygen atoms in total. The largest absolute Gasteiger partial charge is 0.465 e. The van der Waals surface area contributed by atoms with E-state index >= 15 is 0 Å². The zero-order valence-electron chi connectivity index (χ0n) is 9.48. The van der Waals surface area contributed by atoms with Crippen molar-refractivity contribution in [3.05, 3.63) is 24.0 Å². The van der Waals surface area contributed by atoms with Gasteiger partial charge in [-0.2, -0.15) is 0 Å². The highest BCUT2D eigenvalue weighted by Gasteiger charge is 2.28. The van der Waals surface area contributed by atoms with Gasteiger partial charge in [-0.15, -0.1) is 0 Å². The zero-order chi connectivity index (χ0) is 11.6. The summed E-state index contributed by atoms with van der Waals surface area (Å²) in [6.07, 6.45) is 2.27. The topological polar surface area (TPSA) is 53.4 Å². The van der Waals surface area contributed by atoms with Gasteiger partial charge in [0, 0.05) is 11.7 Å². The van der Waals surface area contributed by atoms with Gasteiger partial charge in [0.2, 0.25) is 0 Å². The van der Waals surface area contributed by atoms with Crippen LogP contribution < -0.4 is 4.90 Å². The maximum atomic E-state index is 11.2. The van der Waals surface area contributed by atoms with E-state index in [0.29, 0.717) is 5.69 Å². The van der Waals surface area contributed by atoms with Crippen LogP contribution in [0.4, 0.5) is 10.5 Å². The number of pyridine rings is 1. The van der Waals surface area contributed by atoms with Crippen molar-refractivity contribution < 1.29 is 9.90 Å². The molecule has 0 spiro atoms. The molecule has 0 saturated heterocycles. The molecule has 1 aromatic heterocycles. The number of carboxylic acid groups (broad SMARTS) is 1. The lowest BCUT2D eigenvalue weighted by atomic mass is 10.0. The second-order valence-corrected chi connectivity index (χ2v) is 4.45. The maximum absolute atomic E-state index is 11.2. The quantitative estimate of drug-likeness (QED) is 0.772. The summed E-state index contributed by atoms with van der Waals surface area (Å²) >= 11 is 0. The second kappa shape index (κ2) is 3.88. The van der Waals surface area contributed by atoms with Crippen LogP contribution in [0.15, 0.2) is 18.5 Å². The Morgan fingerprint density at radius 2 is 2.07 bits per heavy atom. The number of amides is 1. The van der Waals surface area contributed by atoms with Gasteiger partial charge >= 0.3 is 6.09 Å². The number of carbonyl (C=O) groups is 1. The molecule has 1 rings (SSSR count). The van der Waals surface area contributed by atoms with Gasteiger partial charge in [-0.05, 0) is 39.3 Å². The van der Waals surface area contributed by atoms with Crippen LogP contribution in [0.2, 0.25) is 0 Å². The van der Waals surface area contributed by atoms with E-state index in [1.54, 1.807) is 18.5 Å². The summed E-state index contributed by atoms with van der Waals surface area (Å²) in [6.45, 7) is 7.44. The fourth-order valence-corrected chi connectivity index (χ4v) is 1.44. The van der Waals surface area contributed by atoms with E-state index in [4.69, 9.17) is 0 Å². The maximum Gasteiger partial charge on any atom is 0.412 e. The Morgan fingerprint density at radius 1 is 1.47 bits per heavy atom. The number of rotatable bonds is 1. The Balaban J connectivity index is 3.23. The third-order valence-corrected chi connectivity index (χ3v) is 2.11. The van der Waals surface area contributed by atoms with Crippen molar-refractivity contribution in [1.82, 2.24) is 4.98 Å². The van der Waals surface area contributed by atoms with E-state index in [-0.39, 0.29) is 0 Å². The van der Waals surface area contributed by atoms with Crippen LogP contribution in [-0.4, -0.2) is 21.7 Å². The molecular formula is C11H16N2O2. The molecule has 0 aliphatic carbocycles. The minimum absolute atomic E-state index is 0.473. The molecule has 1 amide bonds. The van der Waals surface area contributed by atoms with Crippen LogP contribution in [-0.2, 0) is 0 Å². The average Bonchev–Trinajstić information content (AvgIpc) is 2.05. The van der Waals surface area contributed by atoms with Crippen molar-refractivity contribution in [2.45, 2.75) is 33.2 Å². The van der Waals surface area contributed by atoms with E-state index in [9.17, 15) is 9.90 Å². The molecule has 0 unspecified atom stereocenters. The first kappa shape index (κ1) is 11.5. The summed E-state index contributed by atoms with van der Waals surface area (Å²) in [7, 11) is 0. The third kappa shape index (κ3) is 2.46. The minimum atomic E-state index is -0.960. The predicted octanol–water partition coefficient (Wildman–Crippen LogP) is 2.67. The minimum Gasteiger partial charge on any atom is -0.465 e. The molecule has 15 heavy (non-hydrogen) atoms. The zero-order valence-corrected chi connectivity index (χ0v) is 9.48. The van der Waals surface area contributed by atoms with Crippen molar-refractivity contribution >= 4 is 11.8 Å². The van der Waals surface area contributed by atoms with Crippen LogP contribution in [0, 0.1) is 6.92 Å². The van der Waals surface area contributed by atoms with Gasteiger partial charge in [0.25, 0.3) is 0 Å². The van der Waals surface area contributed by atoms with Crippen LogP contribution in [0.5, 0.6) is 0 Å². The number of nitrogens with zero attached hydrogens (tertiary/aromatic N) is 2. The Kier molecular flexibility index (Phi) is 2.98. The second-order valence-electron chi connectivity index (χ2n) is 4.45. The molecule has 0 aliphatic rings. The van der Waals surface area contributed by atoms with Gasteiger partial charge in [0.1, 0.15) is 0 Å². The van der Waals surface area contributed by atoms with Gasteiger partial charge in [0.15, 0.2) is 0 Å². The molecular weight excluding hydrogens is 192 g/mol. The number of hydrogen-bond acceptors (Lipinski definition) is 2. The predicted molar refractivity (Wildman–Crippen MR) is 59.2 cm³/mol. The fourth-order valence-electron chi connectivity index (χ4n) is 1.44. The molecule has 0 aliphatic heterocycles. The molecule has 0 radical (unpaired) electrons. The highest BCUT2D eigenvalue weighted by Crippen LogP contribution is 2.26. The lowest BCUT2D eigenvalue weighted by Crippen LogP contribution is -2.45. The highest BCUT2D eigenvalue weighted by molar-refractivity contribution is 5.88. The van der Waals surface area contributed by atoms with E-state index in [2.05, 4.69) is 4.98 Å². The molecule has 4 heteroatoms. The van der Waals surface area contributed by atoms with E-state index in [1.165, 1.54) is 4.90 Å². The Hall–Kier alpha value is -1.58. The SMILES string of the molecule is Cc1ccncc1N(C(=O)O)C(C)(C)C. The molecule has 0 fully saturated rings. The van der Waals surface area contributed by atoms with Crippen molar-refractivity contribution in [1.29, 1.82) is 0 Å². The normalized spacial score (nSPS) is 11.2. The first-order valence-electron chi connectivity index (χ1n) is 4.78. The summed E-state index contributed by atoms with van der Waals surface area (Å²) in [5, 5.41) is 9.18. The molecule has 1 heterocycles. The Bertz CT molecular complexity index is 369. The van der Waals surface area contributed by atoms with Crippen LogP contribution in [0.25, 0.3) is 0 Å². The summed E-state index contributed by atoms with van der Waals surface area (Å²) in [5.41, 5.74) is 1.07. The van der Waals surface area contributed by atoms with Crippen LogP contribution in [0.1, 0.15) is 26.3 Å². The van der Waals surface area contributed by atoms with E-state index in [0.717, 1.165) is 5.56 Å². The van der Waals surface area contributed by atoms with Gasteiger partial charge in [-0.1, -0.05) is 0 Å². The van der Waals surface area contributed by atoms with Gasteiger partial charge < -0.3 is 5.11 Å². The van der Waals surface area contributed by atoms with Crippen molar-refractivity contribution in [3.63, 3.8) is 0 Å². The highest BCUT2D eigenvalue weighted by atomic mass is 16.4. The van der Waals surface area contributed by atoms with E-state index < -0.39 is 11.6 Å². The third-order valence-electron chi connectivity index (χ3n) is 2.11. The first-order valence-corrected chi connectivity index (χ1v) is 4.78. The van der Waals surface area contributed by atoms with Crippen molar-refractivity contribution in [3.8, 4) is 0 Å². The fraction of sp³-hybridized carbons (Fsp3) is 0.455. The number of aryl methyl sites for hydroxylation is 1. The van der Waals surface area contributed by atoms with Crippen molar-refractivity contribution in [2.24, 2.45) is 0 Å². The molecule has 0 aromatic carbocycles. The average molecular weight is 208 g/mol. The monoisotopic (exact) mass is 208 g/mol. The Morgan fingerprint density at radius 3 is 2.47 bits per heavy atom. The molecule has 0 bridgehead atoms. The summed E-state index contributed by atoms with van der Waals surface area (Å²) in [4.78, 5) is 16.5. The van der Waals surface area contributed by atoms with Crippen LogP contribution in [0.3, 0.4) is 0 Å². The van der Waals surface area contributed by atoms with Crippen molar-refractivity contribution in [2.75, 3.05) is 4.90 Å². The standard InChI is InChI=1S/C11H16N2O2/c1-8-5-6-12-7-9(8)13(10(14)15)11(2,3)4/h5-7H,1-4H3,(H,14,15).